The molecular formula is C20H38O2. The van der Waals surface area contributed by atoms with Crippen LogP contribution in [0.15, 0.2) is 0 Å². The minimum Gasteiger partial charge on any atom is -0.352 e. The average Bonchev–Trinajstić information content (AvgIpc) is 2.55. The van der Waals surface area contributed by atoms with E-state index < -0.39 is 0 Å². The van der Waals surface area contributed by atoms with Gasteiger partial charge in [0.25, 0.3) is 0 Å². The van der Waals surface area contributed by atoms with Crippen molar-refractivity contribution in [3.8, 4) is 0 Å². The molecule has 2 rings (SSSR count). The Morgan fingerprint density at radius 3 is 2.05 bits per heavy atom. The molecule has 1 aliphatic carbocycles. The fourth-order valence-electron chi connectivity index (χ4n) is 4.26. The lowest BCUT2D eigenvalue weighted by molar-refractivity contribution is -0.241. The molecule has 22 heavy (non-hydrogen) atoms. The molecule has 2 aliphatic rings. The van der Waals surface area contributed by atoms with Gasteiger partial charge < -0.3 is 9.47 Å². The van der Waals surface area contributed by atoms with E-state index in [2.05, 4.69) is 20.8 Å². The van der Waals surface area contributed by atoms with Gasteiger partial charge in [-0.25, -0.2) is 0 Å². The molecule has 0 aromatic heterocycles. The molecule has 1 aliphatic heterocycles. The van der Waals surface area contributed by atoms with Crippen LogP contribution in [-0.2, 0) is 9.47 Å². The van der Waals surface area contributed by atoms with Crippen LogP contribution in [0.25, 0.3) is 0 Å². The smallest absolute Gasteiger partial charge is 0.157 e. The van der Waals surface area contributed by atoms with Crippen LogP contribution in [0.1, 0.15) is 91.4 Å². The summed E-state index contributed by atoms with van der Waals surface area (Å²) in [6.07, 6.45) is 14.9. The van der Waals surface area contributed by atoms with Crippen molar-refractivity contribution in [1.29, 1.82) is 0 Å². The fraction of sp³-hybridized carbons (Fsp3) is 1.00. The van der Waals surface area contributed by atoms with Crippen LogP contribution in [0, 0.1) is 17.3 Å². The summed E-state index contributed by atoms with van der Waals surface area (Å²) in [5.41, 5.74) is 0.261. The van der Waals surface area contributed by atoms with Crippen LogP contribution in [0.5, 0.6) is 0 Å². The van der Waals surface area contributed by atoms with Gasteiger partial charge in [0.05, 0.1) is 13.2 Å². The Bertz CT molecular complexity index is 286. The van der Waals surface area contributed by atoms with E-state index in [0.29, 0.717) is 0 Å². The molecule has 0 aromatic carbocycles. The van der Waals surface area contributed by atoms with Gasteiger partial charge in [0.15, 0.2) is 6.29 Å². The van der Waals surface area contributed by atoms with Crippen molar-refractivity contribution in [3.05, 3.63) is 0 Å². The van der Waals surface area contributed by atoms with Crippen LogP contribution in [-0.4, -0.2) is 19.5 Å². The van der Waals surface area contributed by atoms with Crippen LogP contribution in [0.2, 0.25) is 0 Å². The van der Waals surface area contributed by atoms with Gasteiger partial charge in [-0.15, -0.1) is 0 Å². The number of unbranched alkanes of at least 4 members (excludes halogenated alkanes) is 3. The molecule has 2 heteroatoms. The van der Waals surface area contributed by atoms with Gasteiger partial charge in [-0.3, -0.25) is 0 Å². The third kappa shape index (κ3) is 5.23. The first-order valence-corrected chi connectivity index (χ1v) is 9.91. The Morgan fingerprint density at radius 1 is 0.818 bits per heavy atom. The lowest BCUT2D eigenvalue weighted by atomic mass is 9.67. The first kappa shape index (κ1) is 18.3. The second-order valence-electron chi connectivity index (χ2n) is 8.06. The molecule has 0 amide bonds. The van der Waals surface area contributed by atoms with Crippen molar-refractivity contribution in [3.63, 3.8) is 0 Å². The minimum atomic E-state index is 0.0680. The largest absolute Gasteiger partial charge is 0.352 e. The molecule has 0 unspecified atom stereocenters. The number of rotatable bonds is 8. The summed E-state index contributed by atoms with van der Waals surface area (Å²) in [5, 5.41) is 0. The van der Waals surface area contributed by atoms with E-state index in [9.17, 15) is 0 Å². The molecule has 1 saturated heterocycles. The Morgan fingerprint density at radius 2 is 1.45 bits per heavy atom. The highest BCUT2D eigenvalue weighted by atomic mass is 16.7. The Balaban J connectivity index is 1.69. The van der Waals surface area contributed by atoms with E-state index in [-0.39, 0.29) is 11.7 Å². The molecule has 130 valence electrons. The Labute approximate surface area is 138 Å². The molecule has 1 saturated carbocycles. The maximum Gasteiger partial charge on any atom is 0.157 e. The van der Waals surface area contributed by atoms with Gasteiger partial charge in [-0.05, 0) is 37.5 Å². The second-order valence-corrected chi connectivity index (χ2v) is 8.06. The zero-order valence-corrected chi connectivity index (χ0v) is 15.2. The van der Waals surface area contributed by atoms with Gasteiger partial charge >= 0.3 is 0 Å². The number of hydrogen-bond donors (Lipinski definition) is 0. The van der Waals surface area contributed by atoms with Crippen LogP contribution < -0.4 is 0 Å². The minimum absolute atomic E-state index is 0.0680. The van der Waals surface area contributed by atoms with Gasteiger partial charge in [0, 0.05) is 5.41 Å². The highest BCUT2D eigenvalue weighted by molar-refractivity contribution is 4.88. The Kier molecular flexibility index (Phi) is 7.70. The maximum atomic E-state index is 6.03. The second kappa shape index (κ2) is 9.27. The summed E-state index contributed by atoms with van der Waals surface area (Å²) in [5.74, 6) is 1.80. The van der Waals surface area contributed by atoms with Crippen molar-refractivity contribution in [2.24, 2.45) is 17.3 Å². The molecule has 0 radical (unpaired) electrons. The third-order valence-electron chi connectivity index (χ3n) is 6.04. The fourth-order valence-corrected chi connectivity index (χ4v) is 4.26. The van der Waals surface area contributed by atoms with Crippen molar-refractivity contribution >= 4 is 0 Å². The van der Waals surface area contributed by atoms with Gasteiger partial charge in [0.2, 0.25) is 0 Å². The molecule has 0 atom stereocenters. The SMILES string of the molecule is CCCCCC1CCC(C2(C)COC(CCCC)OC2)CC1. The first-order valence-electron chi connectivity index (χ1n) is 9.91. The monoisotopic (exact) mass is 310 g/mol. The molecule has 0 bridgehead atoms. The van der Waals surface area contributed by atoms with E-state index >= 15 is 0 Å². The number of ether oxygens (including phenoxy) is 2. The lowest BCUT2D eigenvalue weighted by Gasteiger charge is -2.45. The topological polar surface area (TPSA) is 18.5 Å². The predicted octanol–water partition coefficient (Wildman–Crippen LogP) is 5.94. The summed E-state index contributed by atoms with van der Waals surface area (Å²) in [6, 6.07) is 0. The third-order valence-corrected chi connectivity index (χ3v) is 6.04. The maximum absolute atomic E-state index is 6.03. The van der Waals surface area contributed by atoms with E-state index in [1.165, 1.54) is 64.2 Å². The number of hydrogen-bond acceptors (Lipinski definition) is 2. The molecule has 2 nitrogen and oxygen atoms in total. The molecule has 1 heterocycles. The van der Waals surface area contributed by atoms with Crippen LogP contribution in [0.4, 0.5) is 0 Å². The summed E-state index contributed by atoms with van der Waals surface area (Å²) >= 11 is 0. The highest BCUT2D eigenvalue weighted by Gasteiger charge is 2.40. The normalized spacial score (nSPS) is 36.4. The zero-order valence-electron chi connectivity index (χ0n) is 15.2. The van der Waals surface area contributed by atoms with Gasteiger partial charge in [-0.1, -0.05) is 65.7 Å². The van der Waals surface area contributed by atoms with E-state index in [1.807, 2.05) is 0 Å². The first-order chi connectivity index (χ1) is 10.7. The molecular weight excluding hydrogens is 272 g/mol. The van der Waals surface area contributed by atoms with Crippen molar-refractivity contribution < 1.29 is 9.47 Å². The Hall–Kier alpha value is -0.0800. The van der Waals surface area contributed by atoms with Gasteiger partial charge in [0.1, 0.15) is 0 Å². The van der Waals surface area contributed by atoms with Crippen molar-refractivity contribution in [1.82, 2.24) is 0 Å². The standard InChI is InChI=1S/C20H38O2/c1-4-6-8-9-17-11-13-18(14-12-17)20(3)15-21-19(22-16-20)10-7-5-2/h17-19H,4-16H2,1-3H3. The van der Waals surface area contributed by atoms with Crippen molar-refractivity contribution in [2.75, 3.05) is 13.2 Å². The molecule has 0 aromatic rings. The highest BCUT2D eigenvalue weighted by Crippen LogP contribution is 2.44. The predicted molar refractivity (Wildman–Crippen MR) is 92.9 cm³/mol. The summed E-state index contributed by atoms with van der Waals surface area (Å²) in [4.78, 5) is 0. The van der Waals surface area contributed by atoms with Crippen LogP contribution in [0.3, 0.4) is 0 Å². The van der Waals surface area contributed by atoms with Crippen LogP contribution >= 0.6 is 0 Å². The lowest BCUT2D eigenvalue weighted by Crippen LogP contribution is -2.45. The van der Waals surface area contributed by atoms with E-state index in [0.717, 1.165) is 31.5 Å². The van der Waals surface area contributed by atoms with E-state index in [1.54, 1.807) is 0 Å². The summed E-state index contributed by atoms with van der Waals surface area (Å²) < 4.78 is 12.1. The van der Waals surface area contributed by atoms with Gasteiger partial charge in [-0.2, -0.15) is 0 Å². The average molecular weight is 311 g/mol. The molecule has 2 fully saturated rings. The molecule has 0 spiro atoms. The molecule has 0 N–H and O–H groups in total. The van der Waals surface area contributed by atoms with E-state index in [4.69, 9.17) is 9.47 Å². The van der Waals surface area contributed by atoms with Crippen molar-refractivity contribution in [2.45, 2.75) is 97.7 Å². The summed E-state index contributed by atoms with van der Waals surface area (Å²) in [7, 11) is 0. The summed E-state index contributed by atoms with van der Waals surface area (Å²) in [6.45, 7) is 8.74. The quantitative estimate of drug-likeness (QED) is 0.516. The zero-order chi connectivity index (χ0) is 15.8.